The van der Waals surface area contributed by atoms with Crippen LogP contribution in [0, 0.1) is 12.7 Å². The first-order valence-corrected chi connectivity index (χ1v) is 11.1. The molecule has 10 heteroatoms. The fourth-order valence-electron chi connectivity index (χ4n) is 3.70. The fourth-order valence-corrected chi connectivity index (χ4v) is 3.70. The molecule has 2 aromatic heterocycles. The molecule has 2 N–H and O–H groups in total. The summed E-state index contributed by atoms with van der Waals surface area (Å²) in [6.45, 7) is 3.12. The Morgan fingerprint density at radius 3 is 2.50 bits per heavy atom. The number of carbonyl (C=O) groups is 2. The molecular formula is C26H24FN5O4. The molecule has 0 aliphatic rings. The second-order valence-electron chi connectivity index (χ2n) is 8.07. The first-order chi connectivity index (χ1) is 17.2. The lowest BCUT2D eigenvalue weighted by atomic mass is 10.1. The van der Waals surface area contributed by atoms with Gasteiger partial charge in [0, 0.05) is 49.2 Å². The van der Waals surface area contributed by atoms with E-state index in [4.69, 9.17) is 4.74 Å². The van der Waals surface area contributed by atoms with Gasteiger partial charge in [-0.1, -0.05) is 18.2 Å². The normalized spacial score (nSPS) is 10.7. The first-order valence-electron chi connectivity index (χ1n) is 11.1. The number of hydrogen-bond acceptors (Lipinski definition) is 5. The molecule has 0 spiro atoms. The van der Waals surface area contributed by atoms with E-state index in [2.05, 4.69) is 15.6 Å². The van der Waals surface area contributed by atoms with Crippen LogP contribution in [0.5, 0.6) is 11.5 Å². The number of para-hydroxylation sites is 1. The summed E-state index contributed by atoms with van der Waals surface area (Å²) in [7, 11) is 1.75. The van der Waals surface area contributed by atoms with E-state index in [-0.39, 0.29) is 40.9 Å². The molecule has 4 rings (SSSR count). The lowest BCUT2D eigenvalue weighted by Gasteiger charge is -2.10. The maximum absolute atomic E-state index is 14.7. The van der Waals surface area contributed by atoms with Crippen LogP contribution in [0.3, 0.4) is 0 Å². The summed E-state index contributed by atoms with van der Waals surface area (Å²) >= 11 is 0. The van der Waals surface area contributed by atoms with Gasteiger partial charge in [-0.25, -0.2) is 14.1 Å². The van der Waals surface area contributed by atoms with Crippen molar-refractivity contribution in [3.05, 3.63) is 94.3 Å². The van der Waals surface area contributed by atoms with Crippen LogP contribution in [0.2, 0.25) is 0 Å². The summed E-state index contributed by atoms with van der Waals surface area (Å²) in [4.78, 5) is 40.9. The SMILES string of the molecule is CC(=O)Nc1cc(Oc2ccc(NC(=O)Cc3c(C)n(C)n(-c4ccccc4)c3=O)cc2F)ccn1. The standard InChI is InChI=1S/C26H24FN5O4/c1-16-21(26(35)32(31(16)3)19-7-5-4-6-8-19)15-25(34)30-18-9-10-23(22(27)13-18)36-20-11-12-28-24(14-20)29-17(2)33/h4-14H,15H2,1-3H3,(H,30,34)(H,28,29,33). The van der Waals surface area contributed by atoms with Crippen LogP contribution in [0.15, 0.2) is 71.7 Å². The highest BCUT2D eigenvalue weighted by molar-refractivity contribution is 5.92. The van der Waals surface area contributed by atoms with E-state index in [0.717, 1.165) is 6.07 Å². The van der Waals surface area contributed by atoms with Gasteiger partial charge in [-0.15, -0.1) is 0 Å². The minimum atomic E-state index is -0.701. The average Bonchev–Trinajstić information content (AvgIpc) is 3.04. The fraction of sp³-hybridized carbons (Fsp3) is 0.154. The van der Waals surface area contributed by atoms with Crippen molar-refractivity contribution >= 4 is 23.3 Å². The van der Waals surface area contributed by atoms with E-state index in [1.165, 1.54) is 42.1 Å². The lowest BCUT2D eigenvalue weighted by Crippen LogP contribution is -2.23. The molecule has 0 aliphatic heterocycles. The van der Waals surface area contributed by atoms with E-state index < -0.39 is 11.7 Å². The van der Waals surface area contributed by atoms with E-state index in [1.807, 2.05) is 30.3 Å². The second-order valence-corrected chi connectivity index (χ2v) is 8.07. The third-order valence-electron chi connectivity index (χ3n) is 5.49. The molecule has 36 heavy (non-hydrogen) atoms. The number of pyridine rings is 1. The Morgan fingerprint density at radius 1 is 1.06 bits per heavy atom. The van der Waals surface area contributed by atoms with Crippen molar-refractivity contribution in [2.45, 2.75) is 20.3 Å². The van der Waals surface area contributed by atoms with Crippen molar-refractivity contribution < 1.29 is 18.7 Å². The van der Waals surface area contributed by atoms with Gasteiger partial charge in [0.1, 0.15) is 11.6 Å². The van der Waals surface area contributed by atoms with Gasteiger partial charge in [0.05, 0.1) is 12.1 Å². The van der Waals surface area contributed by atoms with Gasteiger partial charge in [0.25, 0.3) is 5.56 Å². The van der Waals surface area contributed by atoms with Crippen molar-refractivity contribution in [3.8, 4) is 17.2 Å². The number of ether oxygens (including phenoxy) is 1. The van der Waals surface area contributed by atoms with E-state index in [9.17, 15) is 18.8 Å². The van der Waals surface area contributed by atoms with Crippen LogP contribution in [-0.4, -0.2) is 26.2 Å². The van der Waals surface area contributed by atoms with Gasteiger partial charge in [0.15, 0.2) is 11.6 Å². The molecule has 0 saturated heterocycles. The maximum atomic E-state index is 14.7. The molecule has 0 aliphatic carbocycles. The van der Waals surface area contributed by atoms with Gasteiger partial charge in [-0.2, -0.15) is 0 Å². The lowest BCUT2D eigenvalue weighted by molar-refractivity contribution is -0.116. The topological polar surface area (TPSA) is 107 Å². The molecule has 0 bridgehead atoms. The number of aromatic nitrogens is 3. The number of halogens is 1. The summed E-state index contributed by atoms with van der Waals surface area (Å²) < 4.78 is 23.4. The van der Waals surface area contributed by atoms with Crippen LogP contribution in [0.25, 0.3) is 5.69 Å². The number of nitrogens with zero attached hydrogens (tertiary/aromatic N) is 3. The van der Waals surface area contributed by atoms with Gasteiger partial charge in [-0.3, -0.25) is 19.1 Å². The Bertz CT molecular complexity index is 1490. The largest absolute Gasteiger partial charge is 0.454 e. The second kappa shape index (κ2) is 10.3. The monoisotopic (exact) mass is 489 g/mol. The third-order valence-corrected chi connectivity index (χ3v) is 5.49. The van der Waals surface area contributed by atoms with Crippen LogP contribution in [0.1, 0.15) is 18.2 Å². The zero-order chi connectivity index (χ0) is 25.8. The van der Waals surface area contributed by atoms with Crippen molar-refractivity contribution in [2.24, 2.45) is 7.05 Å². The highest BCUT2D eigenvalue weighted by Crippen LogP contribution is 2.27. The van der Waals surface area contributed by atoms with Gasteiger partial charge < -0.3 is 15.4 Å². The van der Waals surface area contributed by atoms with Crippen LogP contribution in [-0.2, 0) is 23.1 Å². The Kier molecular flexibility index (Phi) is 6.95. The predicted molar refractivity (Wildman–Crippen MR) is 133 cm³/mol. The predicted octanol–water partition coefficient (Wildman–Crippen LogP) is 3.95. The molecule has 184 valence electrons. The molecular weight excluding hydrogens is 465 g/mol. The zero-order valence-electron chi connectivity index (χ0n) is 19.9. The molecule has 0 atom stereocenters. The first kappa shape index (κ1) is 24.4. The van der Waals surface area contributed by atoms with Crippen molar-refractivity contribution in [3.63, 3.8) is 0 Å². The summed E-state index contributed by atoms with van der Waals surface area (Å²) in [6.07, 6.45) is 1.26. The molecule has 0 fully saturated rings. The highest BCUT2D eigenvalue weighted by atomic mass is 19.1. The quantitative estimate of drug-likeness (QED) is 0.409. The third kappa shape index (κ3) is 5.33. The molecule has 2 amide bonds. The van der Waals surface area contributed by atoms with Crippen molar-refractivity contribution in [1.29, 1.82) is 0 Å². The number of nitrogens with one attached hydrogen (secondary N) is 2. The minimum Gasteiger partial charge on any atom is -0.454 e. The zero-order valence-corrected chi connectivity index (χ0v) is 19.9. The molecule has 0 unspecified atom stereocenters. The van der Waals surface area contributed by atoms with E-state index in [0.29, 0.717) is 16.9 Å². The Labute approximate surface area is 206 Å². The van der Waals surface area contributed by atoms with Crippen LogP contribution in [0.4, 0.5) is 15.9 Å². The van der Waals surface area contributed by atoms with Crippen LogP contribution >= 0.6 is 0 Å². The average molecular weight is 490 g/mol. The molecule has 0 saturated carbocycles. The van der Waals surface area contributed by atoms with E-state index >= 15 is 0 Å². The minimum absolute atomic E-state index is 0.0716. The molecule has 2 aromatic carbocycles. The van der Waals surface area contributed by atoms with Crippen molar-refractivity contribution in [1.82, 2.24) is 14.3 Å². The molecule has 4 aromatic rings. The Balaban J connectivity index is 1.47. The van der Waals surface area contributed by atoms with Crippen LogP contribution < -0.4 is 20.9 Å². The van der Waals surface area contributed by atoms with Gasteiger partial charge >= 0.3 is 0 Å². The summed E-state index contributed by atoms with van der Waals surface area (Å²) in [5.74, 6) is -0.977. The summed E-state index contributed by atoms with van der Waals surface area (Å²) in [6, 6.07) is 16.1. The number of benzene rings is 2. The summed E-state index contributed by atoms with van der Waals surface area (Å²) in [5.41, 5.74) is 1.63. The van der Waals surface area contributed by atoms with E-state index in [1.54, 1.807) is 18.7 Å². The highest BCUT2D eigenvalue weighted by Gasteiger charge is 2.19. The number of hydrogen-bond donors (Lipinski definition) is 2. The molecule has 0 radical (unpaired) electrons. The Morgan fingerprint density at radius 2 is 1.81 bits per heavy atom. The maximum Gasteiger partial charge on any atom is 0.275 e. The smallest absolute Gasteiger partial charge is 0.275 e. The van der Waals surface area contributed by atoms with Crippen molar-refractivity contribution in [2.75, 3.05) is 10.6 Å². The number of amides is 2. The number of rotatable bonds is 7. The summed E-state index contributed by atoms with van der Waals surface area (Å²) in [5, 5.41) is 5.15. The van der Waals surface area contributed by atoms with Gasteiger partial charge in [-0.05, 0) is 37.3 Å². The number of anilines is 2. The molecule has 9 nitrogen and oxygen atoms in total. The number of carbonyl (C=O) groups excluding carboxylic acids is 2. The molecule has 2 heterocycles. The Hall–Kier alpha value is -4.73. The van der Waals surface area contributed by atoms with Gasteiger partial charge in [0.2, 0.25) is 11.8 Å².